The number of thiophene rings is 1. The maximum atomic E-state index is 5.68. The van der Waals surface area contributed by atoms with Crippen LogP contribution in [0.5, 0.6) is 0 Å². The van der Waals surface area contributed by atoms with Gasteiger partial charge in [-0.15, -0.1) is 11.3 Å². The SMILES string of the molecule is C[C@@H]1CN([C@H](CNCc2ccccn2)c2cccs2)CCO1. The van der Waals surface area contributed by atoms with Crippen LogP contribution in [-0.2, 0) is 11.3 Å². The summed E-state index contributed by atoms with van der Waals surface area (Å²) < 4.78 is 5.68. The molecule has 22 heavy (non-hydrogen) atoms. The molecule has 2 aromatic heterocycles. The van der Waals surface area contributed by atoms with Crippen molar-refractivity contribution in [2.24, 2.45) is 0 Å². The van der Waals surface area contributed by atoms with E-state index in [-0.39, 0.29) is 0 Å². The molecule has 2 atom stereocenters. The first kappa shape index (κ1) is 15.6. The summed E-state index contributed by atoms with van der Waals surface area (Å²) in [6.45, 7) is 6.71. The van der Waals surface area contributed by atoms with Crippen LogP contribution in [0.4, 0.5) is 0 Å². The molecule has 1 aliphatic heterocycles. The van der Waals surface area contributed by atoms with Crippen LogP contribution in [0.15, 0.2) is 41.9 Å². The van der Waals surface area contributed by atoms with Gasteiger partial charge in [0.25, 0.3) is 0 Å². The number of morpholine rings is 1. The Kier molecular flexibility index (Phi) is 5.56. The lowest BCUT2D eigenvalue weighted by Crippen LogP contribution is -2.45. The third-order valence-corrected chi connectivity index (χ3v) is 4.93. The highest BCUT2D eigenvalue weighted by atomic mass is 32.1. The average Bonchev–Trinajstić information content (AvgIpc) is 3.07. The van der Waals surface area contributed by atoms with Crippen molar-refractivity contribution in [1.29, 1.82) is 0 Å². The first-order chi connectivity index (χ1) is 10.8. The average molecular weight is 317 g/mol. The monoisotopic (exact) mass is 317 g/mol. The van der Waals surface area contributed by atoms with Crippen molar-refractivity contribution in [3.8, 4) is 0 Å². The van der Waals surface area contributed by atoms with Gasteiger partial charge in [-0.3, -0.25) is 9.88 Å². The number of nitrogens with one attached hydrogen (secondary N) is 1. The van der Waals surface area contributed by atoms with Gasteiger partial charge in [0, 0.05) is 37.3 Å². The van der Waals surface area contributed by atoms with Crippen molar-refractivity contribution in [2.45, 2.75) is 25.6 Å². The van der Waals surface area contributed by atoms with E-state index in [1.807, 2.05) is 29.7 Å². The summed E-state index contributed by atoms with van der Waals surface area (Å²) in [5.41, 5.74) is 1.09. The second-order valence-electron chi connectivity index (χ2n) is 5.66. The molecular formula is C17H23N3OS. The second-order valence-corrected chi connectivity index (χ2v) is 6.64. The molecule has 0 bridgehead atoms. The molecule has 3 heterocycles. The van der Waals surface area contributed by atoms with Gasteiger partial charge < -0.3 is 10.1 Å². The van der Waals surface area contributed by atoms with Crippen molar-refractivity contribution < 1.29 is 4.74 Å². The molecule has 2 aromatic rings. The molecule has 1 saturated heterocycles. The molecule has 0 radical (unpaired) electrons. The fourth-order valence-electron chi connectivity index (χ4n) is 2.86. The number of hydrogen-bond donors (Lipinski definition) is 1. The van der Waals surface area contributed by atoms with Crippen LogP contribution in [-0.4, -0.2) is 42.2 Å². The van der Waals surface area contributed by atoms with Crippen molar-refractivity contribution in [1.82, 2.24) is 15.2 Å². The van der Waals surface area contributed by atoms with Crippen LogP contribution in [0.25, 0.3) is 0 Å². The van der Waals surface area contributed by atoms with Gasteiger partial charge in [-0.05, 0) is 30.5 Å². The van der Waals surface area contributed by atoms with Crippen LogP contribution in [0.1, 0.15) is 23.5 Å². The van der Waals surface area contributed by atoms with E-state index in [4.69, 9.17) is 4.74 Å². The van der Waals surface area contributed by atoms with E-state index in [9.17, 15) is 0 Å². The Morgan fingerprint density at radius 1 is 1.41 bits per heavy atom. The summed E-state index contributed by atoms with van der Waals surface area (Å²) in [7, 11) is 0. The number of aromatic nitrogens is 1. The van der Waals surface area contributed by atoms with Crippen molar-refractivity contribution in [3.05, 3.63) is 52.5 Å². The number of ether oxygens (including phenoxy) is 1. The lowest BCUT2D eigenvalue weighted by Gasteiger charge is -2.37. The quantitative estimate of drug-likeness (QED) is 0.889. The highest BCUT2D eigenvalue weighted by Gasteiger charge is 2.25. The summed E-state index contributed by atoms with van der Waals surface area (Å²) in [5, 5.41) is 5.72. The van der Waals surface area contributed by atoms with Crippen molar-refractivity contribution >= 4 is 11.3 Å². The fraction of sp³-hybridized carbons (Fsp3) is 0.471. The maximum absolute atomic E-state index is 5.68. The minimum Gasteiger partial charge on any atom is -0.376 e. The topological polar surface area (TPSA) is 37.4 Å². The highest BCUT2D eigenvalue weighted by Crippen LogP contribution is 2.26. The molecule has 1 N–H and O–H groups in total. The zero-order valence-corrected chi connectivity index (χ0v) is 13.8. The van der Waals surface area contributed by atoms with Gasteiger partial charge in [-0.2, -0.15) is 0 Å². The Bertz CT molecular complexity index is 546. The Balaban J connectivity index is 1.61. The standard InChI is InChI=1S/C17H23N3OS/c1-14-13-20(8-9-21-14)16(17-6-4-10-22-17)12-18-11-15-5-2-3-7-19-15/h2-7,10,14,16,18H,8-9,11-13H2,1H3/t14-,16-/m1/s1. The van der Waals surface area contributed by atoms with Crippen LogP contribution in [0, 0.1) is 0 Å². The molecule has 3 rings (SSSR count). The largest absolute Gasteiger partial charge is 0.376 e. The molecule has 0 aliphatic carbocycles. The van der Waals surface area contributed by atoms with E-state index in [0.29, 0.717) is 12.1 Å². The normalized spacial score (nSPS) is 20.9. The smallest absolute Gasteiger partial charge is 0.0674 e. The van der Waals surface area contributed by atoms with Gasteiger partial charge in [-0.25, -0.2) is 0 Å². The predicted octanol–water partition coefficient (Wildman–Crippen LogP) is 2.69. The Hall–Kier alpha value is -1.27. The lowest BCUT2D eigenvalue weighted by molar-refractivity contribution is -0.0339. The molecule has 0 unspecified atom stereocenters. The van der Waals surface area contributed by atoms with E-state index in [2.05, 4.69) is 45.7 Å². The summed E-state index contributed by atoms with van der Waals surface area (Å²) >= 11 is 1.83. The molecule has 0 amide bonds. The summed E-state index contributed by atoms with van der Waals surface area (Å²) in [6.07, 6.45) is 2.16. The first-order valence-electron chi connectivity index (χ1n) is 7.82. The minimum atomic E-state index is 0.312. The maximum Gasteiger partial charge on any atom is 0.0674 e. The summed E-state index contributed by atoms with van der Waals surface area (Å²) in [6, 6.07) is 10.8. The van der Waals surface area contributed by atoms with E-state index in [1.54, 1.807) is 0 Å². The number of rotatable bonds is 6. The second kappa shape index (κ2) is 7.83. The molecular weight excluding hydrogens is 294 g/mol. The summed E-state index contributed by atoms with van der Waals surface area (Å²) in [4.78, 5) is 8.32. The van der Waals surface area contributed by atoms with Gasteiger partial charge in [0.15, 0.2) is 0 Å². The van der Waals surface area contributed by atoms with Crippen LogP contribution < -0.4 is 5.32 Å². The third kappa shape index (κ3) is 4.14. The van der Waals surface area contributed by atoms with Gasteiger partial charge in [0.1, 0.15) is 0 Å². The van der Waals surface area contributed by atoms with E-state index < -0.39 is 0 Å². The molecule has 0 aromatic carbocycles. The van der Waals surface area contributed by atoms with Crippen LogP contribution in [0.3, 0.4) is 0 Å². The van der Waals surface area contributed by atoms with E-state index in [0.717, 1.165) is 38.5 Å². The molecule has 5 heteroatoms. The Morgan fingerprint density at radius 3 is 3.09 bits per heavy atom. The molecule has 4 nitrogen and oxygen atoms in total. The first-order valence-corrected chi connectivity index (χ1v) is 8.70. The summed E-state index contributed by atoms with van der Waals surface area (Å²) in [5.74, 6) is 0. The van der Waals surface area contributed by atoms with E-state index in [1.165, 1.54) is 4.88 Å². The zero-order chi connectivity index (χ0) is 15.2. The molecule has 0 spiro atoms. The zero-order valence-electron chi connectivity index (χ0n) is 12.9. The van der Waals surface area contributed by atoms with E-state index >= 15 is 0 Å². The molecule has 0 saturated carbocycles. The molecule has 1 aliphatic rings. The molecule has 118 valence electrons. The third-order valence-electron chi connectivity index (χ3n) is 3.95. The lowest BCUT2D eigenvalue weighted by atomic mass is 10.1. The number of pyridine rings is 1. The number of hydrogen-bond acceptors (Lipinski definition) is 5. The highest BCUT2D eigenvalue weighted by molar-refractivity contribution is 7.10. The molecule has 1 fully saturated rings. The van der Waals surface area contributed by atoms with Gasteiger partial charge >= 0.3 is 0 Å². The van der Waals surface area contributed by atoms with Gasteiger partial charge in [-0.1, -0.05) is 12.1 Å². The van der Waals surface area contributed by atoms with Gasteiger partial charge in [0.05, 0.1) is 24.4 Å². The number of nitrogens with zero attached hydrogens (tertiary/aromatic N) is 2. The van der Waals surface area contributed by atoms with Gasteiger partial charge in [0.2, 0.25) is 0 Å². The van der Waals surface area contributed by atoms with Crippen LogP contribution >= 0.6 is 11.3 Å². The fourth-order valence-corrected chi connectivity index (χ4v) is 3.72. The predicted molar refractivity (Wildman–Crippen MR) is 90.0 cm³/mol. The minimum absolute atomic E-state index is 0.312. The Morgan fingerprint density at radius 2 is 2.36 bits per heavy atom. The van der Waals surface area contributed by atoms with Crippen molar-refractivity contribution in [3.63, 3.8) is 0 Å². The Labute approximate surface area is 136 Å². The van der Waals surface area contributed by atoms with Crippen molar-refractivity contribution in [2.75, 3.05) is 26.2 Å². The van der Waals surface area contributed by atoms with Crippen LogP contribution in [0.2, 0.25) is 0 Å².